The highest BCUT2D eigenvalue weighted by molar-refractivity contribution is 7.22. The summed E-state index contributed by atoms with van der Waals surface area (Å²) in [5, 5.41) is 10.3. The monoisotopic (exact) mass is 346 g/mol. The van der Waals surface area contributed by atoms with Crippen LogP contribution in [-0.4, -0.2) is 16.1 Å². The largest absolute Gasteiger partial charge is 0.330 e. The predicted octanol–water partition coefficient (Wildman–Crippen LogP) is 2.70. The molecule has 0 bridgehead atoms. The average molecular weight is 346 g/mol. The number of anilines is 2. The van der Waals surface area contributed by atoms with Crippen LogP contribution < -0.4 is 16.0 Å². The normalized spacial score (nSPS) is 11.2. The molecule has 0 saturated carbocycles. The van der Waals surface area contributed by atoms with Crippen molar-refractivity contribution in [2.45, 2.75) is 0 Å². The van der Waals surface area contributed by atoms with Crippen LogP contribution in [0.5, 0.6) is 0 Å². The van der Waals surface area contributed by atoms with Crippen molar-refractivity contribution in [1.82, 2.24) is 10.2 Å². The second-order valence-electron chi connectivity index (χ2n) is 5.14. The molecule has 2 aromatic carbocycles. The lowest BCUT2D eigenvalue weighted by atomic mass is 10.2. The summed E-state index contributed by atoms with van der Waals surface area (Å²) >= 11 is 1.29. The van der Waals surface area contributed by atoms with E-state index in [1.807, 2.05) is 6.07 Å². The molecule has 2 heterocycles. The number of halogens is 2. The highest BCUT2D eigenvalue weighted by Gasteiger charge is 2.20. The molecule has 0 aliphatic heterocycles. The fraction of sp³-hybridized carbons (Fsp3) is 0. The summed E-state index contributed by atoms with van der Waals surface area (Å²) in [6, 6.07) is 6.39. The molecule has 24 heavy (non-hydrogen) atoms. The van der Waals surface area contributed by atoms with E-state index in [0.29, 0.717) is 16.0 Å². The predicted molar refractivity (Wildman–Crippen MR) is 86.8 cm³/mol. The second kappa shape index (κ2) is 5.24. The van der Waals surface area contributed by atoms with Gasteiger partial charge in [-0.25, -0.2) is 13.8 Å². The van der Waals surface area contributed by atoms with Crippen LogP contribution in [0, 0.1) is 11.6 Å². The van der Waals surface area contributed by atoms with Gasteiger partial charge in [-0.1, -0.05) is 0 Å². The van der Waals surface area contributed by atoms with Gasteiger partial charge in [0, 0.05) is 11.8 Å². The third kappa shape index (κ3) is 2.35. The Kier molecular flexibility index (Phi) is 3.17. The number of nitrogens with one attached hydrogen (secondary N) is 3. The van der Waals surface area contributed by atoms with Gasteiger partial charge < -0.3 is 5.32 Å². The molecular weight excluding hydrogens is 336 g/mol. The van der Waals surface area contributed by atoms with Crippen LogP contribution in [0.1, 0.15) is 10.5 Å². The van der Waals surface area contributed by atoms with Crippen LogP contribution in [-0.2, 0) is 0 Å². The number of thiazole rings is 1. The Morgan fingerprint density at radius 2 is 2.00 bits per heavy atom. The zero-order valence-electron chi connectivity index (χ0n) is 12.0. The summed E-state index contributed by atoms with van der Waals surface area (Å²) in [6.07, 6.45) is 0. The van der Waals surface area contributed by atoms with Crippen LogP contribution in [0.4, 0.5) is 19.6 Å². The smallest absolute Gasteiger partial charge is 0.320 e. The van der Waals surface area contributed by atoms with Crippen molar-refractivity contribution < 1.29 is 18.6 Å². The van der Waals surface area contributed by atoms with Crippen LogP contribution in [0.3, 0.4) is 0 Å². The Labute approximate surface area is 137 Å². The molecular formula is C15H10F2N5OS+. The van der Waals surface area contributed by atoms with E-state index in [1.54, 1.807) is 6.07 Å². The first kappa shape index (κ1) is 14.5. The lowest BCUT2D eigenvalue weighted by Gasteiger charge is -2.04. The topological polar surface area (TPSA) is 97.9 Å². The summed E-state index contributed by atoms with van der Waals surface area (Å²) in [5.74, 6) is -2.13. The minimum atomic E-state index is -0.778. The summed E-state index contributed by atoms with van der Waals surface area (Å²) in [7, 11) is 0. The van der Waals surface area contributed by atoms with Crippen molar-refractivity contribution in [3.8, 4) is 0 Å². The summed E-state index contributed by atoms with van der Waals surface area (Å²) in [5.41, 5.74) is 7.35. The Morgan fingerprint density at radius 1 is 1.25 bits per heavy atom. The number of aromatic nitrogens is 3. The van der Waals surface area contributed by atoms with Crippen molar-refractivity contribution in [3.63, 3.8) is 0 Å². The highest BCUT2D eigenvalue weighted by Crippen LogP contribution is 2.30. The van der Waals surface area contributed by atoms with Gasteiger partial charge in [-0.2, -0.15) is 5.10 Å². The van der Waals surface area contributed by atoms with E-state index in [2.05, 4.69) is 20.5 Å². The van der Waals surface area contributed by atoms with E-state index in [0.717, 1.165) is 28.4 Å². The molecule has 4 aromatic rings. The molecule has 6 nitrogen and oxygen atoms in total. The fourth-order valence-corrected chi connectivity index (χ4v) is 3.45. The summed E-state index contributed by atoms with van der Waals surface area (Å²) in [6.45, 7) is 0. The Hall–Kier alpha value is -3.07. The molecule has 0 spiro atoms. The number of nitrogens with two attached hydrogens (primary N) is 1. The number of nitrogens with zero attached hydrogens (tertiary/aromatic N) is 1. The third-order valence-corrected chi connectivity index (χ3v) is 4.44. The lowest BCUT2D eigenvalue weighted by molar-refractivity contribution is -0.320. The standard InChI is InChI=1S/C15H9F2N5OS/c16-6-3-7(17)5-8(4-6)19-14(23)12-11-9(21-22-12)1-2-10-13(11)24-15(18)20-10/h1-5H,(H2,18,20)(H,19,23)(H,21,22)/p+1. The Morgan fingerprint density at radius 3 is 2.75 bits per heavy atom. The van der Waals surface area contributed by atoms with Gasteiger partial charge in [-0.3, -0.25) is 15.6 Å². The minimum Gasteiger partial charge on any atom is -0.320 e. The quantitative estimate of drug-likeness (QED) is 0.520. The molecule has 5 N–H and O–H groups in total. The molecule has 0 fully saturated rings. The van der Waals surface area contributed by atoms with Crippen LogP contribution in [0.15, 0.2) is 30.3 Å². The molecule has 0 aliphatic rings. The van der Waals surface area contributed by atoms with Gasteiger partial charge in [0.15, 0.2) is 5.69 Å². The minimum absolute atomic E-state index is 0.0121. The molecule has 1 amide bonds. The van der Waals surface area contributed by atoms with Gasteiger partial charge in [0.1, 0.15) is 17.2 Å². The van der Waals surface area contributed by atoms with Crippen LogP contribution >= 0.6 is 11.3 Å². The fourth-order valence-electron chi connectivity index (χ4n) is 2.54. The van der Waals surface area contributed by atoms with Crippen molar-refractivity contribution in [3.05, 3.63) is 47.7 Å². The number of fused-ring (bicyclic) bond motifs is 3. The number of nitrogen functional groups attached to an aromatic ring is 1. The van der Waals surface area contributed by atoms with Crippen molar-refractivity contribution in [1.29, 1.82) is 0 Å². The van der Waals surface area contributed by atoms with E-state index in [9.17, 15) is 13.6 Å². The number of rotatable bonds is 2. The molecule has 0 aliphatic carbocycles. The number of carbonyl (C=O) groups excluding carboxylic acids is 1. The molecule has 0 radical (unpaired) electrons. The highest BCUT2D eigenvalue weighted by atomic mass is 32.1. The van der Waals surface area contributed by atoms with E-state index in [4.69, 9.17) is 5.73 Å². The summed E-state index contributed by atoms with van der Waals surface area (Å²) < 4.78 is 27.3. The first-order chi connectivity index (χ1) is 11.5. The number of hydrogen-bond donors (Lipinski definition) is 3. The van der Waals surface area contributed by atoms with Gasteiger partial charge in [-0.05, 0) is 35.6 Å². The van der Waals surface area contributed by atoms with Crippen molar-refractivity contribution in [2.75, 3.05) is 11.1 Å². The molecule has 2 aromatic heterocycles. The number of hydrogen-bond acceptors (Lipinski definition) is 4. The van der Waals surface area contributed by atoms with Crippen LogP contribution in [0.25, 0.3) is 21.1 Å². The maximum atomic E-state index is 13.3. The van der Waals surface area contributed by atoms with Crippen molar-refractivity contribution >= 4 is 49.2 Å². The maximum Gasteiger partial charge on any atom is 0.330 e. The van der Waals surface area contributed by atoms with Gasteiger partial charge in [0.2, 0.25) is 0 Å². The molecule has 120 valence electrons. The van der Waals surface area contributed by atoms with Gasteiger partial charge in [0.25, 0.3) is 5.91 Å². The van der Waals surface area contributed by atoms with Crippen molar-refractivity contribution in [2.24, 2.45) is 0 Å². The SMILES string of the molecule is Nc1[nH+]c2ccc3[nH]nc(C(=O)Nc4cc(F)cc(F)c4)c3c2s1. The number of H-pyrrole nitrogens is 2. The maximum absolute atomic E-state index is 13.3. The molecule has 0 saturated heterocycles. The molecule has 0 atom stereocenters. The van der Waals surface area contributed by atoms with Gasteiger partial charge >= 0.3 is 5.13 Å². The molecule has 9 heteroatoms. The number of aromatic amines is 2. The van der Waals surface area contributed by atoms with E-state index < -0.39 is 17.5 Å². The van der Waals surface area contributed by atoms with Gasteiger partial charge in [-0.15, -0.1) is 0 Å². The van der Waals surface area contributed by atoms with E-state index >= 15 is 0 Å². The Bertz CT molecular complexity index is 1080. The zero-order chi connectivity index (χ0) is 16.8. The van der Waals surface area contributed by atoms with E-state index in [-0.39, 0.29) is 11.4 Å². The average Bonchev–Trinajstić information content (AvgIpc) is 3.07. The first-order valence-corrected chi connectivity index (χ1v) is 7.69. The third-order valence-electron chi connectivity index (χ3n) is 3.49. The Balaban J connectivity index is 1.80. The second-order valence-corrected chi connectivity index (χ2v) is 6.19. The number of benzene rings is 2. The summed E-state index contributed by atoms with van der Waals surface area (Å²) in [4.78, 5) is 15.5. The molecule has 4 rings (SSSR count). The van der Waals surface area contributed by atoms with Crippen LogP contribution in [0.2, 0.25) is 0 Å². The first-order valence-electron chi connectivity index (χ1n) is 6.87. The van der Waals surface area contributed by atoms with E-state index in [1.165, 1.54) is 11.3 Å². The lowest BCUT2D eigenvalue weighted by Crippen LogP contribution is -2.13. The zero-order valence-corrected chi connectivity index (χ0v) is 12.8. The number of amides is 1. The van der Waals surface area contributed by atoms with Gasteiger partial charge in [0.05, 0.1) is 15.6 Å². The number of carbonyl (C=O) groups is 1. The molecule has 0 unspecified atom stereocenters.